The van der Waals surface area contributed by atoms with Crippen LogP contribution in [0, 0.1) is 0 Å². The van der Waals surface area contributed by atoms with Crippen LogP contribution in [0.5, 0.6) is 0 Å². The first-order chi connectivity index (χ1) is 24.3. The number of ketones is 1. The van der Waals surface area contributed by atoms with E-state index >= 15 is 0 Å². The zero-order chi connectivity index (χ0) is 37.8. The summed E-state index contributed by atoms with van der Waals surface area (Å²) in [5.41, 5.74) is 5.70. The fourth-order valence-corrected chi connectivity index (χ4v) is 6.56. The molecule has 0 spiro atoms. The molecule has 0 aromatic heterocycles. The summed E-state index contributed by atoms with van der Waals surface area (Å²) in [6, 6.07) is -0.529. The first-order valence-corrected chi connectivity index (χ1v) is 22.6. The number of thioether (sulfide) groups is 1. The highest BCUT2D eigenvalue weighted by atomic mass is 32.2. The Kier molecular flexibility index (Phi) is 51.1. The highest BCUT2D eigenvalue weighted by Gasteiger charge is 2.17. The summed E-state index contributed by atoms with van der Waals surface area (Å²) in [7, 11) is 0. The van der Waals surface area contributed by atoms with Gasteiger partial charge in [-0.25, -0.2) is 0 Å². The van der Waals surface area contributed by atoms with Gasteiger partial charge in [0.25, 0.3) is 6.47 Å². The standard InChI is InChI=1S/C24H45NO5S.C16H34.C3H8/c1-3-4-5-6-7-8-9-10-11-12-13-14-15-16-24(28)30-22(17-29-20-26)18-31-19-23(25)21(2)27;1-3-5-7-9-11-13-15-16-14-12-10-8-6-4-2;1-3-2/h20,22-23H,3-19,25H2,1-2H3;3-16H2,1-2H3;3H2,1-2H3. The molecule has 0 heterocycles. The second kappa shape index (κ2) is 47.9. The van der Waals surface area contributed by atoms with Gasteiger partial charge >= 0.3 is 5.97 Å². The molecule has 50 heavy (non-hydrogen) atoms. The fourth-order valence-electron chi connectivity index (χ4n) is 5.51. The number of esters is 1. The van der Waals surface area contributed by atoms with Gasteiger partial charge in [-0.1, -0.05) is 208 Å². The lowest BCUT2D eigenvalue weighted by molar-refractivity contribution is -0.153. The number of unbranched alkanes of at least 4 members (excludes halogenated alkanes) is 25. The number of nitrogens with two attached hydrogens (primary N) is 1. The fraction of sp³-hybridized carbons (Fsp3) is 0.930. The minimum Gasteiger partial charge on any atom is -0.464 e. The third-order valence-corrected chi connectivity index (χ3v) is 9.92. The predicted octanol–water partition coefficient (Wildman–Crippen LogP) is 13.1. The topological polar surface area (TPSA) is 95.7 Å². The highest BCUT2D eigenvalue weighted by molar-refractivity contribution is 7.99. The Morgan fingerprint density at radius 1 is 0.560 bits per heavy atom. The van der Waals surface area contributed by atoms with Crippen LogP contribution in [-0.2, 0) is 23.9 Å². The van der Waals surface area contributed by atoms with Gasteiger partial charge in [0.2, 0.25) is 0 Å². The van der Waals surface area contributed by atoms with Gasteiger partial charge in [-0.3, -0.25) is 14.4 Å². The number of ether oxygens (including phenoxy) is 2. The normalized spacial score (nSPS) is 11.8. The molecule has 0 rings (SSSR count). The molecule has 7 heteroatoms. The van der Waals surface area contributed by atoms with Crippen LogP contribution in [0.25, 0.3) is 0 Å². The van der Waals surface area contributed by atoms with Gasteiger partial charge in [0.1, 0.15) is 18.5 Å². The van der Waals surface area contributed by atoms with Crippen LogP contribution in [0.2, 0.25) is 0 Å². The van der Waals surface area contributed by atoms with Crippen LogP contribution in [-0.4, -0.2) is 48.5 Å². The summed E-state index contributed by atoms with van der Waals surface area (Å²) in [5.74, 6) is 0.550. The maximum Gasteiger partial charge on any atom is 0.306 e. The molecule has 0 aliphatic carbocycles. The summed E-state index contributed by atoms with van der Waals surface area (Å²) in [6.45, 7) is 12.9. The quantitative estimate of drug-likeness (QED) is 0.0389. The van der Waals surface area contributed by atoms with Crippen molar-refractivity contribution in [2.45, 2.75) is 240 Å². The number of hydrogen-bond acceptors (Lipinski definition) is 7. The van der Waals surface area contributed by atoms with E-state index in [0.717, 1.165) is 19.3 Å². The molecule has 0 fully saturated rings. The molecule has 0 saturated heterocycles. The summed E-state index contributed by atoms with van der Waals surface area (Å²) < 4.78 is 10.2. The molecule has 0 aromatic rings. The van der Waals surface area contributed by atoms with Crippen molar-refractivity contribution in [2.75, 3.05) is 18.1 Å². The molecular weight excluding hydrogens is 643 g/mol. The lowest BCUT2D eigenvalue weighted by atomic mass is 10.0. The van der Waals surface area contributed by atoms with E-state index < -0.39 is 12.1 Å². The van der Waals surface area contributed by atoms with Crippen molar-refractivity contribution in [1.82, 2.24) is 0 Å². The van der Waals surface area contributed by atoms with E-state index in [0.29, 0.717) is 24.4 Å². The van der Waals surface area contributed by atoms with Gasteiger partial charge in [0.05, 0.1) is 6.04 Å². The number of carbonyl (C=O) groups is 3. The van der Waals surface area contributed by atoms with E-state index in [1.54, 1.807) is 0 Å². The number of carbonyl (C=O) groups excluding carboxylic acids is 3. The SMILES string of the molecule is CCC.CCCCCCCCCCCCCCCC.CCCCCCCCCCCCCCCC(=O)OC(COC=O)CSCC(N)C(C)=O. The van der Waals surface area contributed by atoms with E-state index in [9.17, 15) is 14.4 Å². The minimum absolute atomic E-state index is 0.0240. The zero-order valence-corrected chi connectivity index (χ0v) is 35.2. The molecule has 2 atom stereocenters. The molecule has 2 unspecified atom stereocenters. The van der Waals surface area contributed by atoms with Gasteiger partial charge in [0, 0.05) is 17.9 Å². The van der Waals surface area contributed by atoms with Crippen LogP contribution in [0.3, 0.4) is 0 Å². The van der Waals surface area contributed by atoms with Gasteiger partial charge in [-0.15, -0.1) is 0 Å². The van der Waals surface area contributed by atoms with Crippen LogP contribution in [0.4, 0.5) is 0 Å². The molecule has 0 radical (unpaired) electrons. The summed E-state index contributed by atoms with van der Waals surface area (Å²) in [6.07, 6.45) is 37.9. The molecule has 0 aliphatic heterocycles. The smallest absolute Gasteiger partial charge is 0.306 e. The molecule has 0 bridgehead atoms. The van der Waals surface area contributed by atoms with E-state index in [1.807, 2.05) is 0 Å². The molecule has 0 aliphatic rings. The van der Waals surface area contributed by atoms with Crippen molar-refractivity contribution in [1.29, 1.82) is 0 Å². The Morgan fingerprint density at radius 3 is 1.18 bits per heavy atom. The van der Waals surface area contributed by atoms with Crippen molar-refractivity contribution in [2.24, 2.45) is 5.73 Å². The van der Waals surface area contributed by atoms with Gasteiger partial charge in [-0.2, -0.15) is 11.8 Å². The molecule has 6 nitrogen and oxygen atoms in total. The minimum atomic E-state index is -0.529. The van der Waals surface area contributed by atoms with Crippen molar-refractivity contribution >= 4 is 30.0 Å². The van der Waals surface area contributed by atoms with Crippen LogP contribution >= 0.6 is 11.8 Å². The maximum atomic E-state index is 12.1. The van der Waals surface area contributed by atoms with Crippen molar-refractivity contribution in [3.63, 3.8) is 0 Å². The van der Waals surface area contributed by atoms with E-state index in [1.165, 1.54) is 179 Å². The van der Waals surface area contributed by atoms with Crippen molar-refractivity contribution in [3.8, 4) is 0 Å². The second-order valence-corrected chi connectivity index (χ2v) is 15.3. The van der Waals surface area contributed by atoms with Gasteiger partial charge in [0.15, 0.2) is 0 Å². The molecular formula is C43H87NO5S. The van der Waals surface area contributed by atoms with E-state index in [2.05, 4.69) is 34.6 Å². The summed E-state index contributed by atoms with van der Waals surface area (Å²) in [4.78, 5) is 33.7. The predicted molar refractivity (Wildman–Crippen MR) is 220 cm³/mol. The van der Waals surface area contributed by atoms with Gasteiger partial charge < -0.3 is 15.2 Å². The second-order valence-electron chi connectivity index (χ2n) is 14.2. The Balaban J connectivity index is -0.000000969. The molecule has 2 N–H and O–H groups in total. The van der Waals surface area contributed by atoms with Crippen LogP contribution < -0.4 is 5.73 Å². The zero-order valence-electron chi connectivity index (χ0n) is 34.4. The number of Topliss-reactive ketones (excluding diaryl/α,β-unsaturated/α-hetero) is 1. The lowest BCUT2D eigenvalue weighted by Crippen LogP contribution is -2.32. The van der Waals surface area contributed by atoms with Crippen LogP contribution in [0.15, 0.2) is 0 Å². The first-order valence-electron chi connectivity index (χ1n) is 21.4. The Morgan fingerprint density at radius 2 is 0.880 bits per heavy atom. The molecule has 0 aromatic carbocycles. The van der Waals surface area contributed by atoms with Crippen LogP contribution in [0.1, 0.15) is 228 Å². The first kappa shape index (κ1) is 53.3. The number of hydrogen-bond donors (Lipinski definition) is 1. The van der Waals surface area contributed by atoms with Gasteiger partial charge in [-0.05, 0) is 13.3 Å². The molecule has 0 amide bonds. The Labute approximate surface area is 316 Å². The van der Waals surface area contributed by atoms with E-state index in [-0.39, 0.29) is 18.4 Å². The average molecular weight is 730 g/mol. The third-order valence-electron chi connectivity index (χ3n) is 8.71. The third kappa shape index (κ3) is 49.0. The molecule has 0 saturated carbocycles. The van der Waals surface area contributed by atoms with Crippen molar-refractivity contribution < 1.29 is 23.9 Å². The monoisotopic (exact) mass is 730 g/mol. The maximum absolute atomic E-state index is 12.1. The largest absolute Gasteiger partial charge is 0.464 e. The average Bonchev–Trinajstić information content (AvgIpc) is 3.10. The summed E-state index contributed by atoms with van der Waals surface area (Å²) in [5, 5.41) is 0. The number of rotatable bonds is 36. The highest BCUT2D eigenvalue weighted by Crippen LogP contribution is 2.15. The lowest BCUT2D eigenvalue weighted by Gasteiger charge is -2.17. The Hall–Kier alpha value is -1.08. The van der Waals surface area contributed by atoms with Crippen molar-refractivity contribution in [3.05, 3.63) is 0 Å². The van der Waals surface area contributed by atoms with E-state index in [4.69, 9.17) is 15.2 Å². The molecule has 300 valence electrons. The Bertz CT molecular complexity index is 664. The summed E-state index contributed by atoms with van der Waals surface area (Å²) >= 11 is 1.42.